The van der Waals surface area contributed by atoms with Gasteiger partial charge in [0.25, 0.3) is 0 Å². The van der Waals surface area contributed by atoms with Gasteiger partial charge in [0.1, 0.15) is 0 Å². The third-order valence-corrected chi connectivity index (χ3v) is 4.87. The number of carbonyl (C=O) groups is 1. The van der Waals surface area contributed by atoms with Crippen molar-refractivity contribution in [2.45, 2.75) is 19.3 Å². The van der Waals surface area contributed by atoms with E-state index in [0.717, 1.165) is 16.7 Å². The summed E-state index contributed by atoms with van der Waals surface area (Å²) in [6.45, 7) is 2.07. The molecule has 0 spiro atoms. The highest BCUT2D eigenvalue weighted by Crippen LogP contribution is 2.23. The van der Waals surface area contributed by atoms with E-state index >= 15 is 0 Å². The summed E-state index contributed by atoms with van der Waals surface area (Å²) in [5, 5.41) is 0.687. The van der Waals surface area contributed by atoms with Crippen molar-refractivity contribution in [3.63, 3.8) is 0 Å². The van der Waals surface area contributed by atoms with Gasteiger partial charge in [-0.2, -0.15) is 0 Å². The molecule has 3 rings (SSSR count). The first-order chi connectivity index (χ1) is 13.6. The molecule has 2 heteroatoms. The van der Waals surface area contributed by atoms with Crippen molar-refractivity contribution in [3.05, 3.63) is 118 Å². The molecule has 0 bridgehead atoms. The Labute approximate surface area is 172 Å². The second-order valence-electron chi connectivity index (χ2n) is 6.80. The molecule has 0 saturated heterocycles. The number of halogens is 1. The van der Waals surface area contributed by atoms with Gasteiger partial charge in [-0.1, -0.05) is 102 Å². The number of ketones is 1. The molecule has 0 saturated carbocycles. The van der Waals surface area contributed by atoms with Crippen molar-refractivity contribution in [1.29, 1.82) is 0 Å². The summed E-state index contributed by atoms with van der Waals surface area (Å²) in [6, 6.07) is 25.8. The Balaban J connectivity index is 1.75. The predicted molar refractivity (Wildman–Crippen MR) is 120 cm³/mol. The average Bonchev–Trinajstić information content (AvgIpc) is 2.72. The van der Waals surface area contributed by atoms with Crippen molar-refractivity contribution in [2.75, 3.05) is 0 Å². The fourth-order valence-electron chi connectivity index (χ4n) is 2.99. The maximum atomic E-state index is 12.9. The van der Waals surface area contributed by atoms with Crippen LogP contribution in [0.5, 0.6) is 0 Å². The molecule has 0 N–H and O–H groups in total. The minimum Gasteiger partial charge on any atom is -0.294 e. The zero-order valence-electron chi connectivity index (χ0n) is 15.9. The molecular weight excluding hydrogens is 364 g/mol. The van der Waals surface area contributed by atoms with E-state index in [-0.39, 0.29) is 11.7 Å². The molecule has 1 atom stereocenters. The van der Waals surface area contributed by atoms with E-state index in [9.17, 15) is 4.79 Å². The fraction of sp³-hybridized carbons (Fsp3) is 0.115. The summed E-state index contributed by atoms with van der Waals surface area (Å²) in [7, 11) is 0. The SMILES string of the molecule is Cc1ccc(C=CCC(C(=O)C=Cc2ccc(Cl)cc2)c2ccccc2)cc1. The van der Waals surface area contributed by atoms with Crippen LogP contribution >= 0.6 is 11.6 Å². The molecule has 28 heavy (non-hydrogen) atoms. The van der Waals surface area contributed by atoms with E-state index in [2.05, 4.69) is 43.3 Å². The molecule has 1 nitrogen and oxygen atoms in total. The van der Waals surface area contributed by atoms with Gasteiger partial charge in [0.05, 0.1) is 5.92 Å². The molecule has 0 radical (unpaired) electrons. The van der Waals surface area contributed by atoms with Crippen LogP contribution in [0.4, 0.5) is 0 Å². The zero-order valence-corrected chi connectivity index (χ0v) is 16.6. The Kier molecular flexibility index (Phi) is 7.00. The van der Waals surface area contributed by atoms with Gasteiger partial charge in [-0.05, 0) is 48.2 Å². The van der Waals surface area contributed by atoms with E-state index in [1.165, 1.54) is 5.56 Å². The first kappa shape index (κ1) is 19.9. The minimum absolute atomic E-state index is 0.0923. The maximum Gasteiger partial charge on any atom is 0.163 e. The van der Waals surface area contributed by atoms with Gasteiger partial charge in [-0.25, -0.2) is 0 Å². The molecule has 0 heterocycles. The highest BCUT2D eigenvalue weighted by Gasteiger charge is 2.16. The first-order valence-corrected chi connectivity index (χ1v) is 9.75. The second kappa shape index (κ2) is 9.87. The van der Waals surface area contributed by atoms with Crippen LogP contribution in [-0.2, 0) is 4.79 Å². The van der Waals surface area contributed by atoms with E-state index in [1.807, 2.05) is 60.7 Å². The van der Waals surface area contributed by atoms with E-state index in [1.54, 1.807) is 6.08 Å². The Morgan fingerprint density at radius 1 is 0.857 bits per heavy atom. The van der Waals surface area contributed by atoms with E-state index in [4.69, 9.17) is 11.6 Å². The maximum absolute atomic E-state index is 12.9. The lowest BCUT2D eigenvalue weighted by atomic mass is 9.90. The van der Waals surface area contributed by atoms with Gasteiger partial charge in [-0.3, -0.25) is 4.79 Å². The van der Waals surface area contributed by atoms with Crippen molar-refractivity contribution >= 4 is 29.5 Å². The van der Waals surface area contributed by atoms with Gasteiger partial charge in [0, 0.05) is 5.02 Å². The molecule has 1 unspecified atom stereocenters. The van der Waals surface area contributed by atoms with Gasteiger partial charge in [-0.15, -0.1) is 0 Å². The van der Waals surface area contributed by atoms with E-state index in [0.29, 0.717) is 11.4 Å². The molecule has 0 aromatic heterocycles. The smallest absolute Gasteiger partial charge is 0.163 e. The van der Waals surface area contributed by atoms with Crippen molar-refractivity contribution in [1.82, 2.24) is 0 Å². The zero-order chi connectivity index (χ0) is 19.8. The summed E-state index contributed by atoms with van der Waals surface area (Å²) in [6.07, 6.45) is 8.32. The van der Waals surface area contributed by atoms with Crippen LogP contribution in [0.2, 0.25) is 5.02 Å². The van der Waals surface area contributed by atoms with Crippen LogP contribution in [0, 0.1) is 6.92 Å². The third kappa shape index (κ3) is 5.80. The molecule has 0 aliphatic carbocycles. The summed E-state index contributed by atoms with van der Waals surface area (Å²) < 4.78 is 0. The van der Waals surface area contributed by atoms with Gasteiger partial charge < -0.3 is 0 Å². The van der Waals surface area contributed by atoms with E-state index < -0.39 is 0 Å². The van der Waals surface area contributed by atoms with Crippen molar-refractivity contribution < 1.29 is 4.79 Å². The highest BCUT2D eigenvalue weighted by atomic mass is 35.5. The van der Waals surface area contributed by atoms with Crippen LogP contribution in [0.1, 0.15) is 34.6 Å². The first-order valence-electron chi connectivity index (χ1n) is 9.37. The number of rotatable bonds is 7. The lowest BCUT2D eigenvalue weighted by Crippen LogP contribution is -2.09. The molecule has 3 aromatic rings. The van der Waals surface area contributed by atoms with Crippen LogP contribution in [0.25, 0.3) is 12.2 Å². The number of benzene rings is 3. The molecular formula is C26H23ClO. The summed E-state index contributed by atoms with van der Waals surface area (Å²) in [5.74, 6) is -0.110. The molecule has 0 aliphatic rings. The average molecular weight is 387 g/mol. The van der Waals surface area contributed by atoms with Crippen LogP contribution < -0.4 is 0 Å². The molecule has 3 aromatic carbocycles. The molecule has 0 fully saturated rings. The number of aryl methyl sites for hydroxylation is 1. The molecule has 0 amide bonds. The van der Waals surface area contributed by atoms with Crippen LogP contribution in [-0.4, -0.2) is 5.78 Å². The fourth-order valence-corrected chi connectivity index (χ4v) is 3.11. The lowest BCUT2D eigenvalue weighted by molar-refractivity contribution is -0.115. The summed E-state index contributed by atoms with van der Waals surface area (Å²) in [4.78, 5) is 12.9. The second-order valence-corrected chi connectivity index (χ2v) is 7.24. The van der Waals surface area contributed by atoms with Crippen LogP contribution in [0.3, 0.4) is 0 Å². The number of carbonyl (C=O) groups excluding carboxylic acids is 1. The molecule has 0 aliphatic heterocycles. The highest BCUT2D eigenvalue weighted by molar-refractivity contribution is 6.30. The monoisotopic (exact) mass is 386 g/mol. The van der Waals surface area contributed by atoms with Crippen LogP contribution in [0.15, 0.2) is 91.0 Å². The largest absolute Gasteiger partial charge is 0.294 e. The quantitative estimate of drug-likeness (QED) is 0.395. The lowest BCUT2D eigenvalue weighted by Gasteiger charge is -2.12. The Bertz CT molecular complexity index is 952. The topological polar surface area (TPSA) is 17.1 Å². The Hall–Kier alpha value is -2.90. The van der Waals surface area contributed by atoms with Crippen molar-refractivity contribution in [2.24, 2.45) is 0 Å². The summed E-state index contributed by atoms with van der Waals surface area (Å²) in [5.41, 5.74) is 4.37. The number of allylic oxidation sites excluding steroid dienone is 2. The number of hydrogen-bond acceptors (Lipinski definition) is 1. The van der Waals surface area contributed by atoms with Crippen molar-refractivity contribution in [3.8, 4) is 0 Å². The standard InChI is InChI=1S/C26H23ClO/c1-20-10-12-21(13-11-20)6-5-9-25(23-7-3-2-4-8-23)26(28)19-16-22-14-17-24(27)18-15-22/h2-8,10-19,25H,9H2,1H3. The Morgan fingerprint density at radius 2 is 1.46 bits per heavy atom. The normalized spacial score (nSPS) is 12.5. The summed E-state index contributed by atoms with van der Waals surface area (Å²) >= 11 is 5.92. The van der Waals surface area contributed by atoms with Gasteiger partial charge in [0.15, 0.2) is 5.78 Å². The number of hydrogen-bond donors (Lipinski definition) is 0. The molecule has 140 valence electrons. The van der Waals surface area contributed by atoms with Gasteiger partial charge >= 0.3 is 0 Å². The Morgan fingerprint density at radius 3 is 2.14 bits per heavy atom. The minimum atomic E-state index is -0.202. The predicted octanol–water partition coefficient (Wildman–Crippen LogP) is 7.12. The third-order valence-electron chi connectivity index (χ3n) is 4.61. The van der Waals surface area contributed by atoms with Gasteiger partial charge in [0.2, 0.25) is 0 Å².